The van der Waals surface area contributed by atoms with E-state index in [2.05, 4.69) is 27.3 Å². The number of anilines is 1. The lowest BCUT2D eigenvalue weighted by molar-refractivity contribution is 0.600. The standard InChI is InChI=1S/C14H13IN2O2S2/c1-9-2-3-10(14(16)20)8-13(9)21(18,19)17-12-6-4-11(15)5-7-12/h2-8,17H,1H3,(H2,16,20). The number of sulfonamides is 1. The highest BCUT2D eigenvalue weighted by molar-refractivity contribution is 14.1. The molecule has 0 aliphatic rings. The molecule has 0 aromatic heterocycles. The van der Waals surface area contributed by atoms with Crippen LogP contribution >= 0.6 is 34.8 Å². The quantitative estimate of drug-likeness (QED) is 0.576. The zero-order valence-electron chi connectivity index (χ0n) is 11.1. The van der Waals surface area contributed by atoms with Crippen LogP contribution in [0.15, 0.2) is 47.4 Å². The third-order valence-electron chi connectivity index (χ3n) is 2.86. The van der Waals surface area contributed by atoms with E-state index in [4.69, 9.17) is 18.0 Å². The van der Waals surface area contributed by atoms with Gasteiger partial charge in [-0.1, -0.05) is 24.4 Å². The van der Waals surface area contributed by atoms with Crippen LogP contribution in [0.25, 0.3) is 0 Å². The Kier molecular flexibility index (Phi) is 4.84. The van der Waals surface area contributed by atoms with Crippen LogP contribution < -0.4 is 10.5 Å². The molecule has 3 N–H and O–H groups in total. The van der Waals surface area contributed by atoms with Gasteiger partial charge in [-0.15, -0.1) is 0 Å². The van der Waals surface area contributed by atoms with E-state index in [1.807, 2.05) is 12.1 Å². The molecular weight excluding hydrogens is 419 g/mol. The summed E-state index contributed by atoms with van der Waals surface area (Å²) in [5.41, 5.74) is 7.23. The Morgan fingerprint density at radius 2 is 1.81 bits per heavy atom. The van der Waals surface area contributed by atoms with E-state index in [0.717, 1.165) is 3.57 Å². The molecule has 2 rings (SSSR count). The van der Waals surface area contributed by atoms with Gasteiger partial charge in [0, 0.05) is 14.8 Å². The molecule has 21 heavy (non-hydrogen) atoms. The highest BCUT2D eigenvalue weighted by Gasteiger charge is 2.18. The predicted molar refractivity (Wildman–Crippen MR) is 97.0 cm³/mol. The summed E-state index contributed by atoms with van der Waals surface area (Å²) in [4.78, 5) is 0.340. The Morgan fingerprint density at radius 3 is 2.38 bits per heavy atom. The smallest absolute Gasteiger partial charge is 0.262 e. The van der Waals surface area contributed by atoms with Crippen molar-refractivity contribution in [2.45, 2.75) is 11.8 Å². The van der Waals surface area contributed by atoms with Crippen LogP contribution in [-0.4, -0.2) is 13.4 Å². The van der Waals surface area contributed by atoms with Gasteiger partial charge >= 0.3 is 0 Å². The minimum Gasteiger partial charge on any atom is -0.389 e. The number of hydrogen-bond donors (Lipinski definition) is 2. The Morgan fingerprint density at radius 1 is 1.19 bits per heavy atom. The third kappa shape index (κ3) is 3.92. The molecule has 0 aliphatic heterocycles. The van der Waals surface area contributed by atoms with Gasteiger partial charge in [0.2, 0.25) is 0 Å². The lowest BCUT2D eigenvalue weighted by atomic mass is 10.1. The first kappa shape index (κ1) is 16.2. The highest BCUT2D eigenvalue weighted by atomic mass is 127. The molecule has 110 valence electrons. The largest absolute Gasteiger partial charge is 0.389 e. The van der Waals surface area contributed by atoms with Gasteiger partial charge in [0.15, 0.2) is 0 Å². The van der Waals surface area contributed by atoms with Gasteiger partial charge in [0.1, 0.15) is 4.99 Å². The van der Waals surface area contributed by atoms with Crippen LogP contribution in [0.5, 0.6) is 0 Å². The Labute approximate surface area is 142 Å². The molecule has 0 unspecified atom stereocenters. The second kappa shape index (κ2) is 6.29. The molecule has 2 aromatic carbocycles. The fourth-order valence-electron chi connectivity index (χ4n) is 1.77. The lowest BCUT2D eigenvalue weighted by Crippen LogP contribution is -2.16. The zero-order chi connectivity index (χ0) is 15.6. The molecule has 0 saturated carbocycles. The number of rotatable bonds is 4. The van der Waals surface area contributed by atoms with Crippen molar-refractivity contribution in [2.75, 3.05) is 4.72 Å². The molecule has 0 fully saturated rings. The van der Waals surface area contributed by atoms with E-state index < -0.39 is 10.0 Å². The predicted octanol–water partition coefficient (Wildman–Crippen LogP) is 3.03. The summed E-state index contributed by atoms with van der Waals surface area (Å²) in [6.45, 7) is 1.73. The van der Waals surface area contributed by atoms with Crippen LogP contribution in [0.3, 0.4) is 0 Å². The van der Waals surface area contributed by atoms with Crippen LogP contribution in [-0.2, 0) is 10.0 Å². The van der Waals surface area contributed by atoms with Crippen molar-refractivity contribution in [3.63, 3.8) is 0 Å². The highest BCUT2D eigenvalue weighted by Crippen LogP contribution is 2.21. The summed E-state index contributed by atoms with van der Waals surface area (Å²) in [5, 5.41) is 0. The van der Waals surface area contributed by atoms with E-state index >= 15 is 0 Å². The number of nitrogens with one attached hydrogen (secondary N) is 1. The van der Waals surface area contributed by atoms with Gasteiger partial charge < -0.3 is 5.73 Å². The van der Waals surface area contributed by atoms with Crippen LogP contribution in [0.1, 0.15) is 11.1 Å². The second-order valence-corrected chi connectivity index (χ2v) is 7.79. The summed E-state index contributed by atoms with van der Waals surface area (Å²) in [7, 11) is -3.68. The first-order valence-corrected chi connectivity index (χ1v) is 8.95. The molecule has 0 aliphatic carbocycles. The maximum absolute atomic E-state index is 12.5. The SMILES string of the molecule is Cc1ccc(C(N)=S)cc1S(=O)(=O)Nc1ccc(I)cc1. The number of thiocarbonyl (C=S) groups is 1. The number of hydrogen-bond acceptors (Lipinski definition) is 3. The molecule has 0 amide bonds. The molecule has 0 spiro atoms. The fraction of sp³-hybridized carbons (Fsp3) is 0.0714. The zero-order valence-corrected chi connectivity index (χ0v) is 14.9. The van der Waals surface area contributed by atoms with Crippen LogP contribution in [0, 0.1) is 10.5 Å². The van der Waals surface area contributed by atoms with E-state index in [0.29, 0.717) is 16.8 Å². The summed E-state index contributed by atoms with van der Waals surface area (Å²) in [5.74, 6) is 0. The Bertz CT molecular complexity index is 787. The second-order valence-electron chi connectivity index (χ2n) is 4.46. The van der Waals surface area contributed by atoms with Crippen molar-refractivity contribution in [3.05, 3.63) is 57.2 Å². The van der Waals surface area contributed by atoms with Crippen molar-refractivity contribution in [2.24, 2.45) is 5.73 Å². The van der Waals surface area contributed by atoms with Crippen molar-refractivity contribution in [3.8, 4) is 0 Å². The van der Waals surface area contributed by atoms with Crippen molar-refractivity contribution in [1.82, 2.24) is 0 Å². The Hall–Kier alpha value is -1.19. The van der Waals surface area contributed by atoms with Gasteiger partial charge in [-0.05, 0) is 65.4 Å². The molecule has 4 nitrogen and oxygen atoms in total. The molecule has 0 bridgehead atoms. The number of aryl methyl sites for hydroxylation is 1. The van der Waals surface area contributed by atoms with Crippen LogP contribution in [0.2, 0.25) is 0 Å². The lowest BCUT2D eigenvalue weighted by Gasteiger charge is -2.11. The summed E-state index contributed by atoms with van der Waals surface area (Å²) < 4.78 is 28.6. The minimum absolute atomic E-state index is 0.167. The first-order valence-electron chi connectivity index (χ1n) is 5.98. The van der Waals surface area contributed by atoms with E-state index in [9.17, 15) is 8.42 Å². The van der Waals surface area contributed by atoms with Crippen LogP contribution in [0.4, 0.5) is 5.69 Å². The molecule has 0 heterocycles. The van der Waals surface area contributed by atoms with E-state index in [1.165, 1.54) is 6.07 Å². The van der Waals surface area contributed by atoms with Gasteiger partial charge in [-0.2, -0.15) is 0 Å². The fourth-order valence-corrected chi connectivity index (χ4v) is 3.59. The maximum atomic E-state index is 12.5. The van der Waals surface area contributed by atoms with E-state index in [-0.39, 0.29) is 9.88 Å². The summed E-state index contributed by atoms with van der Waals surface area (Å²) in [6.07, 6.45) is 0. The Balaban J connectivity index is 2.41. The molecule has 7 heteroatoms. The van der Waals surface area contributed by atoms with Gasteiger partial charge in [0.05, 0.1) is 4.90 Å². The summed E-state index contributed by atoms with van der Waals surface area (Å²) >= 11 is 7.05. The number of nitrogens with two attached hydrogens (primary N) is 1. The van der Waals surface area contributed by atoms with E-state index in [1.54, 1.807) is 31.2 Å². The third-order valence-corrected chi connectivity index (χ3v) is 5.34. The normalized spacial score (nSPS) is 11.1. The van der Waals surface area contributed by atoms with Gasteiger partial charge in [-0.3, -0.25) is 4.72 Å². The topological polar surface area (TPSA) is 72.2 Å². The van der Waals surface area contributed by atoms with Crippen molar-refractivity contribution < 1.29 is 8.42 Å². The summed E-state index contributed by atoms with van der Waals surface area (Å²) in [6, 6.07) is 12.0. The van der Waals surface area contributed by atoms with Gasteiger partial charge in [0.25, 0.3) is 10.0 Å². The van der Waals surface area contributed by atoms with Gasteiger partial charge in [-0.25, -0.2) is 8.42 Å². The first-order chi connectivity index (χ1) is 9.79. The molecule has 2 aromatic rings. The maximum Gasteiger partial charge on any atom is 0.262 e. The van der Waals surface area contributed by atoms with Crippen molar-refractivity contribution in [1.29, 1.82) is 0 Å². The molecule has 0 saturated heterocycles. The van der Waals surface area contributed by atoms with Crippen molar-refractivity contribution >= 4 is 55.5 Å². The molecule has 0 radical (unpaired) electrons. The number of benzene rings is 2. The average molecular weight is 432 g/mol. The monoisotopic (exact) mass is 432 g/mol. The minimum atomic E-state index is -3.68. The molecular formula is C14H13IN2O2S2. The molecule has 0 atom stereocenters. The average Bonchev–Trinajstić information content (AvgIpc) is 2.41. The number of halogens is 1.